The molecule has 0 aliphatic carbocycles. The number of carbonyl (C=O) groups excluding carboxylic acids is 1. The Labute approximate surface area is 78.6 Å². The Balaban J connectivity index is 4.83. The van der Waals surface area contributed by atoms with Crippen molar-refractivity contribution in [3.8, 4) is 0 Å². The van der Waals surface area contributed by atoms with E-state index in [1.54, 1.807) is 13.0 Å². The van der Waals surface area contributed by atoms with Gasteiger partial charge in [-0.25, -0.2) is 4.79 Å². The lowest BCUT2D eigenvalue weighted by molar-refractivity contribution is -0.132. The van der Waals surface area contributed by atoms with E-state index in [1.165, 1.54) is 7.11 Å². The van der Waals surface area contributed by atoms with Gasteiger partial charge in [-0.3, -0.25) is 5.41 Å². The Morgan fingerprint density at radius 1 is 1.31 bits per heavy atom. The summed E-state index contributed by atoms with van der Waals surface area (Å²) in [5.41, 5.74) is 1.42. The average molecular weight is 181 g/mol. The monoisotopic (exact) mass is 181 g/mol. The van der Waals surface area contributed by atoms with Crippen LogP contribution in [-0.4, -0.2) is 18.8 Å². The number of ether oxygens (including phenoxy) is 1. The molecule has 0 fully saturated rings. The van der Waals surface area contributed by atoms with E-state index in [4.69, 9.17) is 5.41 Å². The second kappa shape index (κ2) is 5.30. The van der Waals surface area contributed by atoms with Crippen LogP contribution >= 0.6 is 0 Å². The molecule has 0 saturated carbocycles. The highest BCUT2D eigenvalue weighted by Gasteiger charge is 2.14. The molecule has 3 heteroatoms. The smallest absolute Gasteiger partial charge is 0.356 e. The lowest BCUT2D eigenvalue weighted by atomic mass is 10.0. The van der Waals surface area contributed by atoms with Gasteiger partial charge in [-0.2, -0.15) is 0 Å². The Morgan fingerprint density at radius 3 is 2.15 bits per heavy atom. The van der Waals surface area contributed by atoms with Crippen LogP contribution in [0.4, 0.5) is 0 Å². The Bertz CT molecular complexity index is 275. The first-order chi connectivity index (χ1) is 6.08. The van der Waals surface area contributed by atoms with Crippen molar-refractivity contribution >= 4 is 11.7 Å². The molecule has 0 aliphatic rings. The minimum Gasteiger partial charge on any atom is -0.464 e. The molecule has 1 N–H and O–H groups in total. The van der Waals surface area contributed by atoms with Crippen molar-refractivity contribution in [1.82, 2.24) is 0 Å². The van der Waals surface area contributed by atoms with Crippen molar-refractivity contribution in [2.24, 2.45) is 0 Å². The maximum atomic E-state index is 11.0. The summed E-state index contributed by atoms with van der Waals surface area (Å²) < 4.78 is 4.46. The lowest BCUT2D eigenvalue weighted by Gasteiger charge is -2.06. The van der Waals surface area contributed by atoms with Crippen molar-refractivity contribution in [2.75, 3.05) is 7.11 Å². The number of esters is 1. The van der Waals surface area contributed by atoms with Crippen LogP contribution in [0.3, 0.4) is 0 Å². The average Bonchev–Trinajstić information content (AvgIpc) is 2.17. The maximum absolute atomic E-state index is 11.0. The zero-order valence-corrected chi connectivity index (χ0v) is 8.47. The van der Waals surface area contributed by atoms with Crippen molar-refractivity contribution in [3.63, 3.8) is 0 Å². The van der Waals surface area contributed by atoms with Gasteiger partial charge in [0, 0.05) is 5.57 Å². The largest absolute Gasteiger partial charge is 0.464 e. The fraction of sp³-hybridized carbons (Fsp3) is 0.400. The predicted octanol–water partition coefficient (Wildman–Crippen LogP) is 2.09. The molecule has 0 radical (unpaired) electrons. The van der Waals surface area contributed by atoms with Crippen LogP contribution in [0.25, 0.3) is 0 Å². The molecule has 0 atom stereocenters. The van der Waals surface area contributed by atoms with Crippen LogP contribution < -0.4 is 0 Å². The number of hydrogen-bond donors (Lipinski definition) is 1. The van der Waals surface area contributed by atoms with Crippen LogP contribution in [0, 0.1) is 5.41 Å². The van der Waals surface area contributed by atoms with Crippen LogP contribution in [0.15, 0.2) is 23.3 Å². The first-order valence-electron chi connectivity index (χ1n) is 4.05. The summed E-state index contributed by atoms with van der Waals surface area (Å²) in [6, 6.07) is 0. The predicted molar refractivity (Wildman–Crippen MR) is 52.9 cm³/mol. The summed E-state index contributed by atoms with van der Waals surface area (Å²) in [4.78, 5) is 11.0. The third kappa shape index (κ3) is 2.86. The summed E-state index contributed by atoms with van der Waals surface area (Å²) in [5.74, 6) is -0.602. The molecule has 0 saturated heterocycles. The van der Waals surface area contributed by atoms with Crippen molar-refractivity contribution < 1.29 is 9.53 Å². The third-order valence-electron chi connectivity index (χ3n) is 1.81. The molecular weight excluding hydrogens is 166 g/mol. The molecule has 0 amide bonds. The van der Waals surface area contributed by atoms with Gasteiger partial charge < -0.3 is 4.74 Å². The van der Waals surface area contributed by atoms with Gasteiger partial charge in [0.1, 0.15) is 5.71 Å². The molecule has 0 aromatic heterocycles. The van der Waals surface area contributed by atoms with Crippen molar-refractivity contribution in [1.29, 1.82) is 5.41 Å². The van der Waals surface area contributed by atoms with E-state index in [0.717, 1.165) is 5.57 Å². The molecule has 0 aromatic carbocycles. The maximum Gasteiger partial charge on any atom is 0.356 e. The van der Waals surface area contributed by atoms with Gasteiger partial charge in [0.15, 0.2) is 0 Å². The van der Waals surface area contributed by atoms with E-state index in [-0.39, 0.29) is 5.71 Å². The zero-order chi connectivity index (χ0) is 10.4. The minimum atomic E-state index is -0.602. The molecule has 0 spiro atoms. The zero-order valence-electron chi connectivity index (χ0n) is 8.47. The van der Waals surface area contributed by atoms with E-state index in [1.807, 2.05) is 19.9 Å². The molecule has 0 aromatic rings. The Hall–Kier alpha value is -1.38. The Morgan fingerprint density at radius 2 is 1.85 bits per heavy atom. The summed E-state index contributed by atoms with van der Waals surface area (Å²) >= 11 is 0. The number of allylic oxidation sites excluding steroid dienone is 3. The van der Waals surface area contributed by atoms with Gasteiger partial charge in [-0.15, -0.1) is 0 Å². The number of nitrogens with one attached hydrogen (secondary N) is 1. The van der Waals surface area contributed by atoms with Crippen molar-refractivity contribution in [2.45, 2.75) is 20.8 Å². The van der Waals surface area contributed by atoms with E-state index in [9.17, 15) is 4.79 Å². The van der Waals surface area contributed by atoms with Crippen LogP contribution in [0.5, 0.6) is 0 Å². The van der Waals surface area contributed by atoms with E-state index in [2.05, 4.69) is 4.74 Å². The van der Waals surface area contributed by atoms with E-state index < -0.39 is 5.97 Å². The van der Waals surface area contributed by atoms with E-state index >= 15 is 0 Å². The lowest BCUT2D eigenvalue weighted by Crippen LogP contribution is -2.17. The molecule has 72 valence electrons. The SMILES string of the molecule is C/C=C(C(=N)C(=O)OC)/C(C)=C/C. The molecule has 0 rings (SSSR count). The second-order valence-electron chi connectivity index (χ2n) is 2.54. The molecule has 13 heavy (non-hydrogen) atoms. The summed E-state index contributed by atoms with van der Waals surface area (Å²) in [5, 5.41) is 7.50. The highest BCUT2D eigenvalue weighted by molar-refractivity contribution is 6.42. The number of methoxy groups -OCH3 is 1. The standard InChI is InChI=1S/C10H15NO2/c1-5-7(3)8(6-2)9(11)10(12)13-4/h5-6,11H,1-4H3/b7-5+,8-6-,11-9?. The number of rotatable bonds is 3. The topological polar surface area (TPSA) is 50.2 Å². The first-order valence-corrected chi connectivity index (χ1v) is 4.05. The van der Waals surface area contributed by atoms with Gasteiger partial charge in [0.05, 0.1) is 7.11 Å². The highest BCUT2D eigenvalue weighted by atomic mass is 16.5. The Kier molecular flexibility index (Phi) is 4.74. The van der Waals surface area contributed by atoms with Gasteiger partial charge in [0.2, 0.25) is 0 Å². The van der Waals surface area contributed by atoms with Crippen LogP contribution in [0.1, 0.15) is 20.8 Å². The van der Waals surface area contributed by atoms with Gasteiger partial charge in [0.25, 0.3) is 0 Å². The van der Waals surface area contributed by atoms with Crippen LogP contribution in [0.2, 0.25) is 0 Å². The number of hydrogen-bond acceptors (Lipinski definition) is 3. The first kappa shape index (κ1) is 11.6. The third-order valence-corrected chi connectivity index (χ3v) is 1.81. The molecular formula is C10H15NO2. The minimum absolute atomic E-state index is 0.0967. The summed E-state index contributed by atoms with van der Waals surface area (Å²) in [7, 11) is 1.27. The van der Waals surface area contributed by atoms with Gasteiger partial charge in [-0.1, -0.05) is 12.2 Å². The summed E-state index contributed by atoms with van der Waals surface area (Å²) in [6.07, 6.45) is 3.58. The fourth-order valence-corrected chi connectivity index (χ4v) is 0.937. The summed E-state index contributed by atoms with van der Waals surface area (Å²) in [6.45, 7) is 5.51. The molecule has 0 bridgehead atoms. The van der Waals surface area contributed by atoms with E-state index in [0.29, 0.717) is 5.57 Å². The number of carbonyl (C=O) groups is 1. The molecule has 0 aliphatic heterocycles. The molecule has 0 heterocycles. The van der Waals surface area contributed by atoms with Gasteiger partial charge in [-0.05, 0) is 26.3 Å². The van der Waals surface area contributed by atoms with Crippen LogP contribution in [-0.2, 0) is 9.53 Å². The quantitative estimate of drug-likeness (QED) is 0.411. The molecule has 0 unspecified atom stereocenters. The normalized spacial score (nSPS) is 12.6. The van der Waals surface area contributed by atoms with Crippen molar-refractivity contribution in [3.05, 3.63) is 23.3 Å². The molecule has 3 nitrogen and oxygen atoms in total. The highest BCUT2D eigenvalue weighted by Crippen LogP contribution is 2.10. The fourth-order valence-electron chi connectivity index (χ4n) is 0.937. The van der Waals surface area contributed by atoms with Gasteiger partial charge >= 0.3 is 5.97 Å². The second-order valence-corrected chi connectivity index (χ2v) is 2.54.